The third-order valence-corrected chi connectivity index (χ3v) is 4.92. The highest BCUT2D eigenvalue weighted by Crippen LogP contribution is 2.23. The van der Waals surface area contributed by atoms with Crippen LogP contribution in [-0.4, -0.2) is 34.0 Å². The zero-order valence-corrected chi connectivity index (χ0v) is 14.5. The van der Waals surface area contributed by atoms with Gasteiger partial charge >= 0.3 is 0 Å². The summed E-state index contributed by atoms with van der Waals surface area (Å²) in [6.45, 7) is 3.12. The van der Waals surface area contributed by atoms with Gasteiger partial charge in [-0.15, -0.1) is 0 Å². The summed E-state index contributed by atoms with van der Waals surface area (Å²) < 4.78 is 0. The first kappa shape index (κ1) is 17.2. The van der Waals surface area contributed by atoms with Crippen molar-refractivity contribution in [2.45, 2.75) is 12.7 Å². The Morgan fingerprint density at radius 1 is 1.28 bits per heavy atom. The third-order valence-electron chi connectivity index (χ3n) is 3.83. The van der Waals surface area contributed by atoms with Gasteiger partial charge in [-0.25, -0.2) is 0 Å². The lowest BCUT2D eigenvalue weighted by molar-refractivity contribution is -0.384. The summed E-state index contributed by atoms with van der Waals surface area (Å²) in [4.78, 5) is 29.2. The van der Waals surface area contributed by atoms with Crippen molar-refractivity contribution < 1.29 is 9.72 Å². The van der Waals surface area contributed by atoms with Gasteiger partial charge in [0.15, 0.2) is 5.17 Å². The molecule has 25 heavy (non-hydrogen) atoms. The Bertz CT molecular complexity index is 834. The maximum atomic E-state index is 12.7. The van der Waals surface area contributed by atoms with Gasteiger partial charge < -0.3 is 0 Å². The molecular weight excluding hydrogens is 338 g/mol. The first-order chi connectivity index (χ1) is 12.0. The number of hydrogen-bond acceptors (Lipinski definition) is 5. The van der Waals surface area contributed by atoms with Crippen molar-refractivity contribution in [2.24, 2.45) is 4.99 Å². The molecule has 0 radical (unpaired) electrons. The molecule has 0 spiro atoms. The van der Waals surface area contributed by atoms with E-state index < -0.39 is 4.92 Å². The lowest BCUT2D eigenvalue weighted by atomic mass is 10.1. The lowest BCUT2D eigenvalue weighted by Gasteiger charge is -2.18. The molecule has 0 atom stereocenters. The van der Waals surface area contributed by atoms with Gasteiger partial charge in [0.2, 0.25) is 0 Å². The highest BCUT2D eigenvalue weighted by Gasteiger charge is 2.25. The molecule has 1 aliphatic rings. The van der Waals surface area contributed by atoms with Crippen molar-refractivity contribution in [1.82, 2.24) is 4.90 Å². The van der Waals surface area contributed by atoms with Crippen LogP contribution in [0.25, 0.3) is 0 Å². The number of amidine groups is 1. The number of benzene rings is 2. The number of nitrogens with zero attached hydrogens (tertiary/aromatic N) is 3. The fourth-order valence-corrected chi connectivity index (χ4v) is 3.49. The molecule has 0 aliphatic carbocycles. The van der Waals surface area contributed by atoms with E-state index in [9.17, 15) is 14.9 Å². The molecule has 6 nitrogen and oxygen atoms in total. The summed E-state index contributed by atoms with van der Waals surface area (Å²) in [6.07, 6.45) is 0. The molecule has 128 valence electrons. The molecule has 2 aromatic carbocycles. The van der Waals surface area contributed by atoms with Gasteiger partial charge in [0.25, 0.3) is 11.6 Å². The Hall–Kier alpha value is -2.67. The highest BCUT2D eigenvalue weighted by atomic mass is 32.2. The van der Waals surface area contributed by atoms with E-state index in [1.165, 1.54) is 17.8 Å². The predicted molar refractivity (Wildman–Crippen MR) is 98.9 cm³/mol. The minimum Gasteiger partial charge on any atom is -0.286 e. The van der Waals surface area contributed by atoms with Crippen molar-refractivity contribution in [1.29, 1.82) is 0 Å². The summed E-state index contributed by atoms with van der Waals surface area (Å²) in [5.74, 6) is 0.459. The SMILES string of the molecule is Cc1ccc(C(=O)N2CCN=C2SCc2cccc([N+](=O)[O-])c2)cc1. The molecule has 0 unspecified atom stereocenters. The molecule has 0 saturated carbocycles. The second-order valence-corrected chi connectivity index (χ2v) is 6.65. The van der Waals surface area contributed by atoms with E-state index in [4.69, 9.17) is 0 Å². The van der Waals surface area contributed by atoms with E-state index in [1.54, 1.807) is 17.0 Å². The summed E-state index contributed by atoms with van der Waals surface area (Å²) >= 11 is 1.42. The van der Waals surface area contributed by atoms with Crippen LogP contribution in [0.4, 0.5) is 5.69 Å². The molecule has 3 rings (SSSR count). The van der Waals surface area contributed by atoms with Crippen LogP contribution < -0.4 is 0 Å². The lowest BCUT2D eigenvalue weighted by Crippen LogP contribution is -2.32. The van der Waals surface area contributed by atoms with E-state index >= 15 is 0 Å². The first-order valence-corrected chi connectivity index (χ1v) is 8.82. The zero-order chi connectivity index (χ0) is 17.8. The number of carbonyl (C=O) groups is 1. The van der Waals surface area contributed by atoms with E-state index in [1.807, 2.05) is 37.3 Å². The standard InChI is InChI=1S/C18H17N3O3S/c1-13-5-7-15(8-6-13)17(22)20-10-9-19-18(20)25-12-14-3-2-4-16(11-14)21(23)24/h2-8,11H,9-10,12H2,1H3. The van der Waals surface area contributed by atoms with Crippen molar-refractivity contribution in [3.05, 3.63) is 75.3 Å². The van der Waals surface area contributed by atoms with Crippen molar-refractivity contribution >= 4 is 28.5 Å². The van der Waals surface area contributed by atoms with Crippen LogP contribution >= 0.6 is 11.8 Å². The van der Waals surface area contributed by atoms with E-state index in [-0.39, 0.29) is 11.6 Å². The quantitative estimate of drug-likeness (QED) is 0.620. The summed E-state index contributed by atoms with van der Waals surface area (Å²) in [7, 11) is 0. The van der Waals surface area contributed by atoms with Gasteiger partial charge in [0.05, 0.1) is 11.5 Å². The number of carbonyl (C=O) groups excluding carboxylic acids is 1. The Morgan fingerprint density at radius 2 is 2.04 bits per heavy atom. The fraction of sp³-hybridized carbons (Fsp3) is 0.222. The minimum absolute atomic E-state index is 0.0669. The van der Waals surface area contributed by atoms with Gasteiger partial charge in [0.1, 0.15) is 0 Å². The van der Waals surface area contributed by atoms with Crippen LogP contribution in [0.15, 0.2) is 53.5 Å². The van der Waals surface area contributed by atoms with Gasteiger partial charge in [-0.1, -0.05) is 41.6 Å². The zero-order valence-electron chi connectivity index (χ0n) is 13.7. The molecule has 0 N–H and O–H groups in total. The molecule has 2 aromatic rings. The van der Waals surface area contributed by atoms with Crippen molar-refractivity contribution in [2.75, 3.05) is 13.1 Å². The van der Waals surface area contributed by atoms with Crippen LogP contribution in [0.5, 0.6) is 0 Å². The van der Waals surface area contributed by atoms with Crippen molar-refractivity contribution in [3.8, 4) is 0 Å². The van der Waals surface area contributed by atoms with Crippen LogP contribution in [0.1, 0.15) is 21.5 Å². The summed E-state index contributed by atoms with van der Waals surface area (Å²) in [6, 6.07) is 14.0. The summed E-state index contributed by atoms with van der Waals surface area (Å²) in [5, 5.41) is 11.5. The third kappa shape index (κ3) is 4.06. The average Bonchev–Trinajstić information content (AvgIpc) is 3.09. The number of aliphatic imine (C=N–C) groups is 1. The topological polar surface area (TPSA) is 75.8 Å². The maximum absolute atomic E-state index is 12.7. The second kappa shape index (κ2) is 7.48. The van der Waals surface area contributed by atoms with Gasteiger partial charge in [-0.2, -0.15) is 0 Å². The molecule has 1 aliphatic heterocycles. The monoisotopic (exact) mass is 355 g/mol. The Morgan fingerprint density at radius 3 is 2.76 bits per heavy atom. The summed E-state index contributed by atoms with van der Waals surface area (Å²) in [5.41, 5.74) is 2.64. The molecule has 7 heteroatoms. The molecule has 0 saturated heterocycles. The smallest absolute Gasteiger partial charge is 0.269 e. The molecule has 0 fully saturated rings. The van der Waals surface area contributed by atoms with Crippen LogP contribution in [0.2, 0.25) is 0 Å². The van der Waals surface area contributed by atoms with Crippen molar-refractivity contribution in [3.63, 3.8) is 0 Å². The number of non-ortho nitro benzene ring substituents is 1. The Labute approximate surface area is 149 Å². The largest absolute Gasteiger partial charge is 0.286 e. The molecule has 1 heterocycles. The van der Waals surface area contributed by atoms with Gasteiger partial charge in [-0.05, 0) is 24.6 Å². The fourth-order valence-electron chi connectivity index (χ4n) is 2.50. The van der Waals surface area contributed by atoms with Crippen LogP contribution in [0.3, 0.4) is 0 Å². The molecule has 0 aromatic heterocycles. The maximum Gasteiger partial charge on any atom is 0.269 e. The van der Waals surface area contributed by atoms with Crippen LogP contribution in [-0.2, 0) is 5.75 Å². The molecule has 1 amide bonds. The number of aryl methyl sites for hydroxylation is 1. The number of thioether (sulfide) groups is 1. The molecular formula is C18H17N3O3S. The van der Waals surface area contributed by atoms with E-state index in [2.05, 4.69) is 4.99 Å². The number of nitro groups is 1. The molecule has 0 bridgehead atoms. The highest BCUT2D eigenvalue weighted by molar-refractivity contribution is 8.13. The minimum atomic E-state index is -0.408. The number of hydrogen-bond donors (Lipinski definition) is 0. The normalized spacial score (nSPS) is 13.6. The van der Waals surface area contributed by atoms with Gasteiger partial charge in [0, 0.05) is 30.0 Å². The van der Waals surface area contributed by atoms with E-state index in [0.29, 0.717) is 29.6 Å². The Kier molecular flexibility index (Phi) is 5.14. The first-order valence-electron chi connectivity index (χ1n) is 7.84. The van der Waals surface area contributed by atoms with Gasteiger partial charge in [-0.3, -0.25) is 24.8 Å². The number of nitro benzene ring substituents is 1. The van der Waals surface area contributed by atoms with E-state index in [0.717, 1.165) is 11.1 Å². The average molecular weight is 355 g/mol. The predicted octanol–water partition coefficient (Wildman–Crippen LogP) is 3.65. The number of rotatable bonds is 4. The second-order valence-electron chi connectivity index (χ2n) is 5.70. The Balaban J connectivity index is 1.68. The number of amides is 1. The van der Waals surface area contributed by atoms with Crippen LogP contribution in [0, 0.1) is 17.0 Å².